The van der Waals surface area contributed by atoms with Gasteiger partial charge in [-0.2, -0.15) is 10.5 Å². The molecule has 4 heteroatoms. The van der Waals surface area contributed by atoms with Crippen LogP contribution in [0.1, 0.15) is 73.6 Å². The Bertz CT molecular complexity index is 1220. The van der Waals surface area contributed by atoms with Crippen molar-refractivity contribution in [3.8, 4) is 12.1 Å². The Kier molecular flexibility index (Phi) is 7.86. The molecule has 180 valence electrons. The van der Waals surface area contributed by atoms with Crippen molar-refractivity contribution in [3.63, 3.8) is 0 Å². The average Bonchev–Trinajstić information content (AvgIpc) is 2.91. The molecule has 4 rings (SSSR count). The molecule has 0 radical (unpaired) electrons. The molecule has 1 fully saturated rings. The lowest BCUT2D eigenvalue weighted by Gasteiger charge is -2.45. The fourth-order valence-corrected chi connectivity index (χ4v) is 5.02. The molecule has 4 nitrogen and oxygen atoms in total. The van der Waals surface area contributed by atoms with Crippen LogP contribution in [0.25, 0.3) is 0 Å². The zero-order valence-corrected chi connectivity index (χ0v) is 21.0. The van der Waals surface area contributed by atoms with Crippen molar-refractivity contribution in [2.45, 2.75) is 52.1 Å². The smallest absolute Gasteiger partial charge is 0.101 e. The van der Waals surface area contributed by atoms with E-state index >= 15 is 0 Å². The molecule has 3 aromatic carbocycles. The first kappa shape index (κ1) is 24.5. The Labute approximate surface area is 211 Å². The molecule has 1 aliphatic rings. The first-order chi connectivity index (χ1) is 17.0. The molecule has 0 N–H and O–H groups in total. The first-order valence-corrected chi connectivity index (χ1v) is 12.6. The molecule has 1 saturated heterocycles. The summed E-state index contributed by atoms with van der Waals surface area (Å²) in [7, 11) is 0. The van der Waals surface area contributed by atoms with E-state index < -0.39 is 0 Å². The first-order valence-electron chi connectivity index (χ1n) is 12.6. The van der Waals surface area contributed by atoms with Crippen LogP contribution in [0.3, 0.4) is 0 Å². The Hall–Kier alpha value is -3.60. The van der Waals surface area contributed by atoms with E-state index in [-0.39, 0.29) is 13.5 Å². The van der Waals surface area contributed by atoms with Gasteiger partial charge in [-0.1, -0.05) is 61.4 Å². The third kappa shape index (κ3) is 5.56. The number of piperazine rings is 1. The highest BCUT2D eigenvalue weighted by Crippen LogP contribution is 2.36. The zero-order chi connectivity index (χ0) is 24.8. The summed E-state index contributed by atoms with van der Waals surface area (Å²) in [6.07, 6.45) is 3.31. The van der Waals surface area contributed by atoms with Gasteiger partial charge in [0.1, 0.15) is 6.07 Å². The summed E-state index contributed by atoms with van der Waals surface area (Å²) in [5.74, 6) is 0. The van der Waals surface area contributed by atoms with Crippen LogP contribution in [-0.4, -0.2) is 24.5 Å². The van der Waals surface area contributed by atoms with Gasteiger partial charge in [-0.15, -0.1) is 0 Å². The van der Waals surface area contributed by atoms with Crippen LogP contribution in [0.5, 0.6) is 0 Å². The Morgan fingerprint density at radius 2 is 1.71 bits per heavy atom. The highest BCUT2D eigenvalue weighted by atomic mass is 15.3. The number of rotatable bonds is 7. The van der Waals surface area contributed by atoms with Crippen molar-refractivity contribution in [2.75, 3.05) is 24.5 Å². The zero-order valence-electron chi connectivity index (χ0n) is 21.0. The Balaban J connectivity index is 0.00000361. The van der Waals surface area contributed by atoms with Gasteiger partial charge in [-0.3, -0.25) is 4.90 Å². The average molecular weight is 465 g/mol. The van der Waals surface area contributed by atoms with Crippen molar-refractivity contribution in [1.82, 2.24) is 4.90 Å². The van der Waals surface area contributed by atoms with Gasteiger partial charge in [0.2, 0.25) is 0 Å². The SMILES string of the molecule is CCCCc1ccc(N2CCN([C@H](C)c3ccc(C#N)cc3)C[C@H]2c2ccc(C)cc2)c(C#N)c1.[HH]. The number of unbranched alkanes of at least 4 members (excludes halogenated alkanes) is 1. The summed E-state index contributed by atoms with van der Waals surface area (Å²) in [4.78, 5) is 4.94. The summed E-state index contributed by atoms with van der Waals surface area (Å²) >= 11 is 0. The number of nitrogens with zero attached hydrogens (tertiary/aromatic N) is 4. The normalized spacial score (nSPS) is 16.9. The summed E-state index contributed by atoms with van der Waals surface area (Å²) in [6, 6.07) is 28.3. The fourth-order valence-electron chi connectivity index (χ4n) is 5.02. The molecule has 2 atom stereocenters. The second kappa shape index (κ2) is 11.2. The maximum Gasteiger partial charge on any atom is 0.101 e. The molecule has 0 saturated carbocycles. The van der Waals surface area contributed by atoms with E-state index in [1.165, 1.54) is 22.3 Å². The number of aryl methyl sites for hydroxylation is 2. The number of hydrogen-bond donors (Lipinski definition) is 0. The van der Waals surface area contributed by atoms with Crippen LogP contribution in [0.15, 0.2) is 66.7 Å². The van der Waals surface area contributed by atoms with E-state index in [0.29, 0.717) is 5.56 Å². The molecular formula is C31H36N4. The van der Waals surface area contributed by atoms with E-state index in [4.69, 9.17) is 5.26 Å². The summed E-state index contributed by atoms with van der Waals surface area (Å²) in [5.41, 5.74) is 7.47. The van der Waals surface area contributed by atoms with Gasteiger partial charge in [0, 0.05) is 27.1 Å². The van der Waals surface area contributed by atoms with Crippen LogP contribution in [0, 0.1) is 29.6 Å². The summed E-state index contributed by atoms with van der Waals surface area (Å²) in [6.45, 7) is 9.18. The standard InChI is InChI=1S/C31H34N4.H2/c1-4-5-6-25-11-16-30(29(19-25)21-33)35-18-17-34(22-31(35)28-12-7-23(2)8-13-28)24(3)27-14-9-26(20-32)10-15-27;/h7-16,19,24,31H,4-6,17-18,22H2,1-3H3;1H/t24-,31+;/m1./s1. The third-order valence-corrected chi connectivity index (χ3v) is 7.25. The molecule has 0 aromatic heterocycles. The highest BCUT2D eigenvalue weighted by molar-refractivity contribution is 5.62. The van der Waals surface area contributed by atoms with E-state index in [2.05, 4.69) is 97.3 Å². The topological polar surface area (TPSA) is 54.1 Å². The van der Waals surface area contributed by atoms with Gasteiger partial charge in [-0.25, -0.2) is 0 Å². The minimum atomic E-state index is 0. The van der Waals surface area contributed by atoms with Gasteiger partial charge in [-0.05, 0) is 67.6 Å². The molecule has 0 spiro atoms. The van der Waals surface area contributed by atoms with Crippen molar-refractivity contribution in [2.24, 2.45) is 0 Å². The minimum absolute atomic E-state index is 0. The quantitative estimate of drug-likeness (QED) is 0.379. The third-order valence-electron chi connectivity index (χ3n) is 7.25. The largest absolute Gasteiger partial charge is 0.361 e. The number of nitriles is 2. The second-order valence-corrected chi connectivity index (χ2v) is 9.59. The van der Waals surface area contributed by atoms with Gasteiger partial charge < -0.3 is 4.90 Å². The Morgan fingerprint density at radius 1 is 0.971 bits per heavy atom. The molecule has 0 amide bonds. The molecular weight excluding hydrogens is 428 g/mol. The van der Waals surface area contributed by atoms with Crippen molar-refractivity contribution < 1.29 is 1.43 Å². The van der Waals surface area contributed by atoms with Crippen LogP contribution >= 0.6 is 0 Å². The molecule has 35 heavy (non-hydrogen) atoms. The molecule has 1 aliphatic heterocycles. The molecule has 3 aromatic rings. The number of benzene rings is 3. The second-order valence-electron chi connectivity index (χ2n) is 9.59. The van der Waals surface area contributed by atoms with Crippen LogP contribution < -0.4 is 4.90 Å². The number of anilines is 1. The monoisotopic (exact) mass is 464 g/mol. The van der Waals surface area contributed by atoms with E-state index in [0.717, 1.165) is 50.1 Å². The lowest BCUT2D eigenvalue weighted by Crippen LogP contribution is -2.49. The van der Waals surface area contributed by atoms with Gasteiger partial charge in [0.25, 0.3) is 0 Å². The van der Waals surface area contributed by atoms with Crippen LogP contribution in [-0.2, 0) is 6.42 Å². The lowest BCUT2D eigenvalue weighted by atomic mass is 9.96. The van der Waals surface area contributed by atoms with Gasteiger partial charge in [0.05, 0.1) is 28.9 Å². The summed E-state index contributed by atoms with van der Waals surface area (Å²) < 4.78 is 0. The van der Waals surface area contributed by atoms with Crippen molar-refractivity contribution >= 4 is 5.69 Å². The van der Waals surface area contributed by atoms with Crippen LogP contribution in [0.2, 0.25) is 0 Å². The lowest BCUT2D eigenvalue weighted by molar-refractivity contribution is 0.171. The van der Waals surface area contributed by atoms with E-state index in [1.807, 2.05) is 12.1 Å². The fraction of sp³-hybridized carbons (Fsp3) is 0.355. The molecule has 0 aliphatic carbocycles. The molecule has 0 bridgehead atoms. The van der Waals surface area contributed by atoms with E-state index in [9.17, 15) is 5.26 Å². The van der Waals surface area contributed by atoms with Crippen LogP contribution in [0.4, 0.5) is 5.69 Å². The maximum atomic E-state index is 10.0. The molecule has 1 heterocycles. The van der Waals surface area contributed by atoms with Gasteiger partial charge in [0.15, 0.2) is 0 Å². The van der Waals surface area contributed by atoms with Crippen molar-refractivity contribution in [3.05, 3.63) is 100 Å². The Morgan fingerprint density at radius 3 is 2.37 bits per heavy atom. The predicted octanol–water partition coefficient (Wildman–Crippen LogP) is 6.95. The van der Waals surface area contributed by atoms with E-state index in [1.54, 1.807) is 0 Å². The van der Waals surface area contributed by atoms with Crippen molar-refractivity contribution in [1.29, 1.82) is 10.5 Å². The number of hydrogen-bond acceptors (Lipinski definition) is 4. The predicted molar refractivity (Wildman–Crippen MR) is 144 cm³/mol. The summed E-state index contributed by atoms with van der Waals surface area (Å²) in [5, 5.41) is 19.2. The molecule has 0 unspecified atom stereocenters. The maximum absolute atomic E-state index is 10.0. The minimum Gasteiger partial charge on any atom is -0.361 e. The highest BCUT2D eigenvalue weighted by Gasteiger charge is 2.32. The van der Waals surface area contributed by atoms with Gasteiger partial charge >= 0.3 is 0 Å².